The van der Waals surface area contributed by atoms with Gasteiger partial charge in [-0.15, -0.1) is 0 Å². The van der Waals surface area contributed by atoms with Gasteiger partial charge in [-0.05, 0) is 41.0 Å². The summed E-state index contributed by atoms with van der Waals surface area (Å²) in [6.07, 6.45) is -0.236. The normalized spacial score (nSPS) is 13.7. The van der Waals surface area contributed by atoms with E-state index in [9.17, 15) is 19.5 Å². The van der Waals surface area contributed by atoms with Crippen molar-refractivity contribution in [3.63, 3.8) is 0 Å². The van der Waals surface area contributed by atoms with Gasteiger partial charge in [0.15, 0.2) is 0 Å². The van der Waals surface area contributed by atoms with E-state index in [1.807, 2.05) is 36.4 Å². The first-order valence-corrected chi connectivity index (χ1v) is 11.4. The van der Waals surface area contributed by atoms with E-state index in [0.29, 0.717) is 0 Å². The van der Waals surface area contributed by atoms with Crippen molar-refractivity contribution in [2.24, 2.45) is 5.92 Å². The number of aliphatic carboxylic acids is 1. The van der Waals surface area contributed by atoms with E-state index >= 15 is 0 Å². The first-order chi connectivity index (χ1) is 15.7. The van der Waals surface area contributed by atoms with Crippen LogP contribution in [0.3, 0.4) is 0 Å². The smallest absolute Gasteiger partial charge is 0.407 e. The maximum Gasteiger partial charge on any atom is 0.407 e. The number of carbonyl (C=O) groups is 3. The minimum atomic E-state index is -1.37. The zero-order valence-corrected chi connectivity index (χ0v) is 19.6. The third-order valence-electron chi connectivity index (χ3n) is 6.55. The van der Waals surface area contributed by atoms with E-state index in [1.165, 1.54) is 0 Å². The summed E-state index contributed by atoms with van der Waals surface area (Å²) < 4.78 is 5.55. The predicted octanol–water partition coefficient (Wildman–Crippen LogP) is 4.31. The summed E-state index contributed by atoms with van der Waals surface area (Å²) in [6, 6.07) is 15.2. The van der Waals surface area contributed by atoms with Crippen LogP contribution in [0.2, 0.25) is 0 Å². The molecule has 7 heteroatoms. The lowest BCUT2D eigenvalue weighted by atomic mass is 9.91. The third-order valence-corrected chi connectivity index (χ3v) is 6.55. The Morgan fingerprint density at radius 1 is 0.970 bits per heavy atom. The highest BCUT2D eigenvalue weighted by Crippen LogP contribution is 2.44. The highest BCUT2D eigenvalue weighted by Gasteiger charge is 2.39. The summed E-state index contributed by atoms with van der Waals surface area (Å²) in [4.78, 5) is 37.3. The Balaban J connectivity index is 1.69. The fraction of sp³-hybridized carbons (Fsp3) is 0.423. The molecule has 3 N–H and O–H groups in total. The Hall–Kier alpha value is -3.35. The number of hydrogen-bond acceptors (Lipinski definition) is 4. The van der Waals surface area contributed by atoms with Crippen LogP contribution in [0.15, 0.2) is 48.5 Å². The number of hydrogen-bond donors (Lipinski definition) is 3. The Kier molecular flexibility index (Phi) is 7.41. The molecule has 0 saturated carbocycles. The monoisotopic (exact) mass is 452 g/mol. The molecule has 0 unspecified atom stereocenters. The van der Waals surface area contributed by atoms with Gasteiger partial charge < -0.3 is 20.5 Å². The van der Waals surface area contributed by atoms with Crippen LogP contribution in [-0.4, -0.2) is 41.3 Å². The van der Waals surface area contributed by atoms with Crippen LogP contribution < -0.4 is 10.6 Å². The summed E-state index contributed by atoms with van der Waals surface area (Å²) in [5.74, 6) is -1.98. The Bertz CT molecular complexity index is 983. The summed E-state index contributed by atoms with van der Waals surface area (Å²) >= 11 is 0. The number of nitrogens with one attached hydrogen (secondary N) is 2. The SMILES string of the molecule is CCC(CC)(NC(=O)[C@@H](NC(=O)OCC1c2ccccc2-c2ccccc21)C(C)C)C(=O)O. The van der Waals surface area contributed by atoms with Crippen LogP contribution >= 0.6 is 0 Å². The second-order valence-electron chi connectivity index (χ2n) is 8.78. The van der Waals surface area contributed by atoms with Crippen molar-refractivity contribution in [3.8, 4) is 11.1 Å². The molecular weight excluding hydrogens is 420 g/mol. The molecule has 2 aromatic carbocycles. The lowest BCUT2D eigenvalue weighted by Gasteiger charge is -2.31. The third kappa shape index (κ3) is 4.87. The molecule has 33 heavy (non-hydrogen) atoms. The Labute approximate surface area is 194 Å². The lowest BCUT2D eigenvalue weighted by Crippen LogP contribution is -2.60. The van der Waals surface area contributed by atoms with Gasteiger partial charge in [0.05, 0.1) is 0 Å². The first-order valence-electron chi connectivity index (χ1n) is 11.4. The summed E-state index contributed by atoms with van der Waals surface area (Å²) in [7, 11) is 0. The highest BCUT2D eigenvalue weighted by atomic mass is 16.5. The number of ether oxygens (including phenoxy) is 1. The molecule has 0 aliphatic heterocycles. The molecule has 2 amide bonds. The first kappa shape index (κ1) is 24.3. The molecule has 1 aliphatic carbocycles. The minimum absolute atomic E-state index is 0.0886. The standard InChI is InChI=1S/C26H32N2O5/c1-5-26(6-2,24(30)31)28-23(29)22(16(3)4)27-25(32)33-15-21-19-13-9-7-11-17(19)18-12-8-10-14-20(18)21/h7-14,16,21-22H,5-6,15H2,1-4H3,(H,27,32)(H,28,29)(H,30,31)/t22-/m0/s1. The van der Waals surface area contributed by atoms with Crippen molar-refractivity contribution < 1.29 is 24.2 Å². The average molecular weight is 453 g/mol. The van der Waals surface area contributed by atoms with Crippen LogP contribution in [0, 0.1) is 5.92 Å². The van der Waals surface area contributed by atoms with Crippen molar-refractivity contribution in [2.75, 3.05) is 6.61 Å². The van der Waals surface area contributed by atoms with Crippen molar-refractivity contribution >= 4 is 18.0 Å². The Morgan fingerprint density at radius 2 is 1.48 bits per heavy atom. The van der Waals surface area contributed by atoms with Gasteiger partial charge >= 0.3 is 12.1 Å². The van der Waals surface area contributed by atoms with Crippen LogP contribution in [0.4, 0.5) is 4.79 Å². The molecule has 7 nitrogen and oxygen atoms in total. The van der Waals surface area contributed by atoms with Crippen molar-refractivity contribution in [1.82, 2.24) is 10.6 Å². The molecular formula is C26H32N2O5. The average Bonchev–Trinajstić information content (AvgIpc) is 3.13. The van der Waals surface area contributed by atoms with E-state index < -0.39 is 29.6 Å². The van der Waals surface area contributed by atoms with E-state index in [4.69, 9.17) is 4.74 Å². The van der Waals surface area contributed by atoms with Gasteiger partial charge in [0.2, 0.25) is 5.91 Å². The molecule has 3 rings (SSSR count). The van der Waals surface area contributed by atoms with Crippen molar-refractivity contribution in [3.05, 3.63) is 59.7 Å². The van der Waals surface area contributed by atoms with Gasteiger partial charge in [0.25, 0.3) is 0 Å². The van der Waals surface area contributed by atoms with E-state index in [-0.39, 0.29) is 31.3 Å². The minimum Gasteiger partial charge on any atom is -0.480 e. The number of benzene rings is 2. The summed E-state index contributed by atoms with van der Waals surface area (Å²) in [6.45, 7) is 7.13. The van der Waals surface area contributed by atoms with E-state index in [2.05, 4.69) is 22.8 Å². The van der Waals surface area contributed by atoms with Crippen molar-refractivity contribution in [1.29, 1.82) is 0 Å². The van der Waals surface area contributed by atoms with Gasteiger partial charge in [-0.3, -0.25) is 4.79 Å². The second kappa shape index (κ2) is 10.1. The number of rotatable bonds is 9. The van der Waals surface area contributed by atoms with Crippen LogP contribution in [-0.2, 0) is 14.3 Å². The van der Waals surface area contributed by atoms with Crippen LogP contribution in [0.1, 0.15) is 57.6 Å². The number of amides is 2. The molecule has 0 heterocycles. The molecule has 0 radical (unpaired) electrons. The van der Waals surface area contributed by atoms with Crippen molar-refractivity contribution in [2.45, 2.75) is 58.0 Å². The molecule has 1 atom stereocenters. The largest absolute Gasteiger partial charge is 0.480 e. The van der Waals surface area contributed by atoms with Crippen LogP contribution in [0.25, 0.3) is 11.1 Å². The molecule has 0 spiro atoms. The Morgan fingerprint density at radius 3 is 1.94 bits per heavy atom. The quantitative estimate of drug-likeness (QED) is 0.526. The molecule has 176 valence electrons. The van der Waals surface area contributed by atoms with Gasteiger partial charge in [-0.1, -0.05) is 76.2 Å². The summed E-state index contributed by atoms with van der Waals surface area (Å²) in [5, 5.41) is 14.9. The zero-order chi connectivity index (χ0) is 24.2. The van der Waals surface area contributed by atoms with Gasteiger partial charge in [0.1, 0.15) is 18.2 Å². The molecule has 0 bridgehead atoms. The number of carboxylic acid groups (broad SMARTS) is 1. The zero-order valence-electron chi connectivity index (χ0n) is 19.6. The van der Waals surface area contributed by atoms with E-state index in [0.717, 1.165) is 22.3 Å². The predicted molar refractivity (Wildman–Crippen MR) is 126 cm³/mol. The topological polar surface area (TPSA) is 105 Å². The fourth-order valence-corrected chi connectivity index (χ4v) is 4.40. The van der Waals surface area contributed by atoms with Gasteiger partial charge in [-0.25, -0.2) is 9.59 Å². The lowest BCUT2D eigenvalue weighted by molar-refractivity contribution is -0.148. The van der Waals surface area contributed by atoms with Crippen LogP contribution in [0.5, 0.6) is 0 Å². The molecule has 0 fully saturated rings. The fourth-order valence-electron chi connectivity index (χ4n) is 4.40. The number of carbonyl (C=O) groups excluding carboxylic acids is 2. The molecule has 1 aliphatic rings. The van der Waals surface area contributed by atoms with Gasteiger partial charge in [-0.2, -0.15) is 0 Å². The van der Waals surface area contributed by atoms with E-state index in [1.54, 1.807) is 27.7 Å². The molecule has 2 aromatic rings. The maximum atomic E-state index is 12.9. The highest BCUT2D eigenvalue weighted by molar-refractivity contribution is 5.91. The number of alkyl carbamates (subject to hydrolysis) is 1. The summed E-state index contributed by atoms with van der Waals surface area (Å²) in [5.41, 5.74) is 3.09. The molecule has 0 aromatic heterocycles. The number of carboxylic acids is 1. The number of fused-ring (bicyclic) bond motifs is 3. The maximum absolute atomic E-state index is 12.9. The van der Waals surface area contributed by atoms with Gasteiger partial charge in [0, 0.05) is 5.92 Å². The second-order valence-corrected chi connectivity index (χ2v) is 8.78. The molecule has 0 saturated heterocycles.